The third-order valence-electron chi connectivity index (χ3n) is 2.77. The molecule has 1 N–H and O–H groups in total. The van der Waals surface area contributed by atoms with Gasteiger partial charge in [-0.25, -0.2) is 0 Å². The van der Waals surface area contributed by atoms with E-state index >= 15 is 0 Å². The standard InChI is InChI=1S/C15H33NS/c1-8-16-14(11-17-15(5,6)7)10-13(4)9-12(2)3/h12-14,16H,8-11H2,1-7H3. The van der Waals surface area contributed by atoms with Gasteiger partial charge in [0.15, 0.2) is 0 Å². The first kappa shape index (κ1) is 17.3. The first-order chi connectivity index (χ1) is 7.74. The second-order valence-electron chi connectivity index (χ2n) is 6.65. The summed E-state index contributed by atoms with van der Waals surface area (Å²) in [6.07, 6.45) is 2.66. The average molecular weight is 260 g/mol. The average Bonchev–Trinajstić information content (AvgIpc) is 2.12. The van der Waals surface area contributed by atoms with E-state index in [1.54, 1.807) is 0 Å². The SMILES string of the molecule is CCNC(CSC(C)(C)C)CC(C)CC(C)C. The Balaban J connectivity index is 4.05. The molecule has 0 rings (SSSR count). The van der Waals surface area contributed by atoms with Crippen LogP contribution in [0.4, 0.5) is 0 Å². The first-order valence-corrected chi connectivity index (χ1v) is 8.10. The highest BCUT2D eigenvalue weighted by molar-refractivity contribution is 8.00. The molecule has 2 unspecified atom stereocenters. The van der Waals surface area contributed by atoms with Crippen LogP contribution in [0.5, 0.6) is 0 Å². The van der Waals surface area contributed by atoms with Gasteiger partial charge in [0.25, 0.3) is 0 Å². The number of hydrogen-bond donors (Lipinski definition) is 1. The van der Waals surface area contributed by atoms with Gasteiger partial charge in [-0.15, -0.1) is 0 Å². The van der Waals surface area contributed by atoms with E-state index in [2.05, 4.69) is 65.5 Å². The molecule has 0 bridgehead atoms. The van der Waals surface area contributed by atoms with Gasteiger partial charge in [0.05, 0.1) is 0 Å². The van der Waals surface area contributed by atoms with Crippen LogP contribution in [0.1, 0.15) is 61.3 Å². The maximum atomic E-state index is 3.64. The lowest BCUT2D eigenvalue weighted by molar-refractivity contribution is 0.369. The van der Waals surface area contributed by atoms with Crippen molar-refractivity contribution in [2.75, 3.05) is 12.3 Å². The molecule has 2 atom stereocenters. The van der Waals surface area contributed by atoms with E-state index in [0.29, 0.717) is 10.8 Å². The summed E-state index contributed by atoms with van der Waals surface area (Å²) in [5, 5.41) is 3.64. The van der Waals surface area contributed by atoms with Crippen LogP contribution >= 0.6 is 11.8 Å². The van der Waals surface area contributed by atoms with Crippen LogP contribution < -0.4 is 5.32 Å². The predicted octanol–water partition coefficient (Wildman–Crippen LogP) is 4.57. The van der Waals surface area contributed by atoms with Gasteiger partial charge >= 0.3 is 0 Å². The Labute approximate surface area is 114 Å². The topological polar surface area (TPSA) is 12.0 Å². The number of hydrogen-bond acceptors (Lipinski definition) is 2. The molecular formula is C15H33NS. The van der Waals surface area contributed by atoms with Gasteiger partial charge in [0.2, 0.25) is 0 Å². The highest BCUT2D eigenvalue weighted by Crippen LogP contribution is 2.26. The van der Waals surface area contributed by atoms with Gasteiger partial charge in [-0.1, -0.05) is 48.5 Å². The molecule has 0 aliphatic rings. The fraction of sp³-hybridized carbons (Fsp3) is 1.00. The minimum Gasteiger partial charge on any atom is -0.313 e. The van der Waals surface area contributed by atoms with Crippen molar-refractivity contribution in [1.82, 2.24) is 5.32 Å². The molecule has 0 aromatic heterocycles. The Morgan fingerprint density at radius 2 is 1.65 bits per heavy atom. The van der Waals surface area contributed by atoms with Crippen molar-refractivity contribution in [2.24, 2.45) is 11.8 Å². The van der Waals surface area contributed by atoms with Gasteiger partial charge in [-0.3, -0.25) is 0 Å². The van der Waals surface area contributed by atoms with Gasteiger partial charge < -0.3 is 5.32 Å². The third-order valence-corrected chi connectivity index (χ3v) is 4.21. The highest BCUT2D eigenvalue weighted by atomic mass is 32.2. The van der Waals surface area contributed by atoms with Crippen LogP contribution in [0, 0.1) is 11.8 Å². The Morgan fingerprint density at radius 1 is 1.06 bits per heavy atom. The second-order valence-corrected chi connectivity index (χ2v) is 8.50. The quantitative estimate of drug-likeness (QED) is 0.685. The summed E-state index contributed by atoms with van der Waals surface area (Å²) < 4.78 is 0.384. The van der Waals surface area contributed by atoms with E-state index in [1.165, 1.54) is 18.6 Å². The fourth-order valence-corrected chi connectivity index (χ4v) is 3.19. The lowest BCUT2D eigenvalue weighted by Crippen LogP contribution is -2.34. The van der Waals surface area contributed by atoms with Crippen LogP contribution in [0.25, 0.3) is 0 Å². The second kappa shape index (κ2) is 8.42. The zero-order valence-corrected chi connectivity index (χ0v) is 13.8. The molecule has 0 saturated heterocycles. The van der Waals surface area contributed by atoms with Crippen LogP contribution in [0.15, 0.2) is 0 Å². The molecule has 17 heavy (non-hydrogen) atoms. The van der Waals surface area contributed by atoms with Crippen molar-refractivity contribution in [3.8, 4) is 0 Å². The van der Waals surface area contributed by atoms with Crippen LogP contribution in [0.3, 0.4) is 0 Å². The highest BCUT2D eigenvalue weighted by Gasteiger charge is 2.17. The lowest BCUT2D eigenvalue weighted by atomic mass is 9.93. The maximum absolute atomic E-state index is 3.64. The number of thioether (sulfide) groups is 1. The van der Waals surface area contributed by atoms with Gasteiger partial charge in [0.1, 0.15) is 0 Å². The zero-order chi connectivity index (χ0) is 13.5. The van der Waals surface area contributed by atoms with Crippen molar-refractivity contribution in [1.29, 1.82) is 0 Å². The van der Waals surface area contributed by atoms with Crippen molar-refractivity contribution in [2.45, 2.75) is 72.1 Å². The van der Waals surface area contributed by atoms with E-state index in [9.17, 15) is 0 Å². The molecule has 0 spiro atoms. The maximum Gasteiger partial charge on any atom is 0.0160 e. The summed E-state index contributed by atoms with van der Waals surface area (Å²) in [5.74, 6) is 2.89. The Morgan fingerprint density at radius 3 is 2.06 bits per heavy atom. The van der Waals surface area contributed by atoms with Crippen molar-refractivity contribution in [3.05, 3.63) is 0 Å². The Kier molecular flexibility index (Phi) is 8.57. The molecule has 104 valence electrons. The lowest BCUT2D eigenvalue weighted by Gasteiger charge is -2.26. The minimum atomic E-state index is 0.384. The van der Waals surface area contributed by atoms with Crippen LogP contribution in [0.2, 0.25) is 0 Å². The van der Waals surface area contributed by atoms with Crippen molar-refractivity contribution >= 4 is 11.8 Å². The molecule has 0 radical (unpaired) electrons. The molecule has 0 aromatic rings. The molecule has 0 aromatic carbocycles. The van der Waals surface area contributed by atoms with Crippen molar-refractivity contribution < 1.29 is 0 Å². The predicted molar refractivity (Wildman–Crippen MR) is 82.9 cm³/mol. The van der Waals surface area contributed by atoms with E-state index in [1.807, 2.05) is 0 Å². The van der Waals surface area contributed by atoms with Crippen molar-refractivity contribution in [3.63, 3.8) is 0 Å². The summed E-state index contributed by atoms with van der Waals surface area (Å²) in [6, 6.07) is 0.679. The monoisotopic (exact) mass is 259 g/mol. The van der Waals surface area contributed by atoms with Crippen LogP contribution in [-0.2, 0) is 0 Å². The summed E-state index contributed by atoms with van der Waals surface area (Å²) in [4.78, 5) is 0. The number of nitrogens with one attached hydrogen (secondary N) is 1. The van der Waals surface area contributed by atoms with E-state index in [-0.39, 0.29) is 0 Å². The Hall–Kier alpha value is 0.310. The molecule has 1 nitrogen and oxygen atoms in total. The molecule has 2 heteroatoms. The van der Waals surface area contributed by atoms with E-state index < -0.39 is 0 Å². The van der Waals surface area contributed by atoms with E-state index in [0.717, 1.165) is 18.4 Å². The fourth-order valence-electron chi connectivity index (χ4n) is 2.24. The van der Waals surface area contributed by atoms with Crippen LogP contribution in [-0.4, -0.2) is 23.1 Å². The molecule has 0 saturated carbocycles. The molecule has 0 aliphatic heterocycles. The molecule has 0 amide bonds. The van der Waals surface area contributed by atoms with Gasteiger partial charge in [-0.2, -0.15) is 11.8 Å². The molecule has 0 heterocycles. The summed E-state index contributed by atoms with van der Waals surface area (Å²) in [6.45, 7) is 17.2. The molecule has 0 fully saturated rings. The van der Waals surface area contributed by atoms with E-state index in [4.69, 9.17) is 0 Å². The largest absolute Gasteiger partial charge is 0.313 e. The minimum absolute atomic E-state index is 0.384. The summed E-state index contributed by atoms with van der Waals surface area (Å²) in [5.41, 5.74) is 0. The van der Waals surface area contributed by atoms with Gasteiger partial charge in [-0.05, 0) is 31.2 Å². The Bertz CT molecular complexity index is 184. The molecule has 0 aliphatic carbocycles. The van der Waals surface area contributed by atoms with Gasteiger partial charge in [0, 0.05) is 16.5 Å². The number of rotatable bonds is 8. The first-order valence-electron chi connectivity index (χ1n) is 7.12. The normalized spacial score (nSPS) is 16.2. The summed E-state index contributed by atoms with van der Waals surface area (Å²) >= 11 is 2.08. The summed E-state index contributed by atoms with van der Waals surface area (Å²) in [7, 11) is 0. The third kappa shape index (κ3) is 11.1. The molecular weight excluding hydrogens is 226 g/mol. The zero-order valence-electron chi connectivity index (χ0n) is 13.0. The smallest absolute Gasteiger partial charge is 0.0160 e.